The molecule has 0 aromatic carbocycles. The normalized spacial score (nSPS) is 27.3. The van der Waals surface area contributed by atoms with Crippen LogP contribution in [0.2, 0.25) is 0 Å². The monoisotopic (exact) mass is 808 g/mol. The van der Waals surface area contributed by atoms with Crippen molar-refractivity contribution in [2.75, 3.05) is 19.8 Å². The maximum Gasteiger partial charge on any atom is 0.437 e. The van der Waals surface area contributed by atoms with E-state index in [1.54, 1.807) is 0 Å². The van der Waals surface area contributed by atoms with Crippen molar-refractivity contribution in [3.8, 4) is 0 Å². The Balaban J connectivity index is 2.88. The predicted molar refractivity (Wildman–Crippen MR) is 176 cm³/mol. The molecule has 0 bridgehead atoms. The van der Waals surface area contributed by atoms with Crippen LogP contribution in [0.15, 0.2) is 0 Å². The van der Waals surface area contributed by atoms with Crippen molar-refractivity contribution in [3.05, 3.63) is 0 Å². The molecule has 0 aromatic heterocycles. The highest BCUT2D eigenvalue weighted by Crippen LogP contribution is 2.36. The van der Waals surface area contributed by atoms with Gasteiger partial charge in [-0.15, -0.1) is 0 Å². The molecule has 0 aliphatic carbocycles. The van der Waals surface area contributed by atoms with Crippen LogP contribution < -0.4 is 5.73 Å². The molecular formula is C33H48N2O21. The first-order valence-electron chi connectivity index (χ1n) is 16.9. The third kappa shape index (κ3) is 14.8. The molecule has 2 rings (SSSR count). The Morgan fingerprint density at radius 1 is 0.554 bits per heavy atom. The van der Waals surface area contributed by atoms with Gasteiger partial charge in [-0.05, 0) is 20.8 Å². The lowest BCUT2D eigenvalue weighted by Gasteiger charge is -2.49. The Kier molecular flexibility index (Phi) is 17.4. The van der Waals surface area contributed by atoms with E-state index in [9.17, 15) is 43.2 Å². The van der Waals surface area contributed by atoms with Gasteiger partial charge in [-0.25, -0.2) is 4.79 Å². The molecule has 0 unspecified atom stereocenters. The van der Waals surface area contributed by atoms with E-state index in [2.05, 4.69) is 0 Å². The van der Waals surface area contributed by atoms with Gasteiger partial charge in [0.15, 0.2) is 43.4 Å². The minimum Gasteiger partial charge on any atom is -0.463 e. The minimum atomic E-state index is -1.98. The van der Waals surface area contributed by atoms with Crippen molar-refractivity contribution < 1.29 is 100 Å². The molecule has 2 aliphatic rings. The van der Waals surface area contributed by atoms with Crippen LogP contribution in [0.4, 0.5) is 4.79 Å². The van der Waals surface area contributed by atoms with Gasteiger partial charge in [0.25, 0.3) is 0 Å². The van der Waals surface area contributed by atoms with Crippen molar-refractivity contribution in [3.63, 3.8) is 0 Å². The van der Waals surface area contributed by atoms with Crippen molar-refractivity contribution >= 4 is 53.8 Å². The summed E-state index contributed by atoms with van der Waals surface area (Å²) in [4.78, 5) is 117. The van der Waals surface area contributed by atoms with Crippen LogP contribution >= 0.6 is 0 Å². The molecule has 0 spiro atoms. The van der Waals surface area contributed by atoms with Gasteiger partial charge in [0, 0.05) is 48.5 Å². The number of nitrogens with two attached hydrogens (primary N) is 1. The zero-order valence-corrected chi connectivity index (χ0v) is 32.5. The van der Waals surface area contributed by atoms with E-state index in [1.165, 1.54) is 20.8 Å². The van der Waals surface area contributed by atoms with Crippen LogP contribution in [0.1, 0.15) is 69.2 Å². The molecule has 2 heterocycles. The summed E-state index contributed by atoms with van der Waals surface area (Å²) in [6.45, 7) is 9.08. The molecule has 2 aliphatic heterocycles. The number of carbonyl (C=O) groups excluding carboxylic acids is 9. The summed E-state index contributed by atoms with van der Waals surface area (Å²) >= 11 is 0. The Bertz CT molecular complexity index is 1480. The highest BCUT2D eigenvalue weighted by Gasteiger charge is 2.59. The van der Waals surface area contributed by atoms with Gasteiger partial charge >= 0.3 is 47.9 Å². The summed E-state index contributed by atoms with van der Waals surface area (Å²) < 4.78 is 61.5. The van der Waals surface area contributed by atoms with Crippen molar-refractivity contribution in [1.29, 1.82) is 0 Å². The maximum absolute atomic E-state index is 13.5. The number of amides is 2. The van der Waals surface area contributed by atoms with E-state index in [0.717, 1.165) is 48.5 Å². The molecule has 2 saturated heterocycles. The van der Waals surface area contributed by atoms with E-state index >= 15 is 0 Å². The molecule has 316 valence electrons. The van der Waals surface area contributed by atoms with Crippen LogP contribution in [-0.4, -0.2) is 146 Å². The number of esters is 7. The van der Waals surface area contributed by atoms with Crippen LogP contribution in [0, 0.1) is 0 Å². The SMILES string of the molecule is CC(=O)OC[C@H]1O[C@@H](O[C@H]2[C@H](OC(C)=O)[C@@H](OC(C)=O)[C@H](N(OCC(N)=O)C(=O)OC(C)(C)C)O[C@@H]2COC(C)=O)[C@H](OC(C)=O)[C@@H](OC(C)=O)[C@H]1OC(C)=O. The fourth-order valence-corrected chi connectivity index (χ4v) is 5.35. The largest absolute Gasteiger partial charge is 0.463 e. The van der Waals surface area contributed by atoms with Gasteiger partial charge < -0.3 is 57.8 Å². The molecule has 23 nitrogen and oxygen atoms in total. The summed E-state index contributed by atoms with van der Waals surface area (Å²) in [5.41, 5.74) is 4.07. The zero-order chi connectivity index (χ0) is 42.7. The molecular weight excluding hydrogens is 760 g/mol. The Morgan fingerprint density at radius 2 is 0.964 bits per heavy atom. The minimum absolute atomic E-state index is 0.353. The summed E-state index contributed by atoms with van der Waals surface area (Å²) in [5.74, 6) is -7.68. The highest BCUT2D eigenvalue weighted by molar-refractivity contribution is 5.75. The van der Waals surface area contributed by atoms with E-state index in [-0.39, 0.29) is 0 Å². The lowest BCUT2D eigenvalue weighted by molar-refractivity contribution is -0.364. The van der Waals surface area contributed by atoms with E-state index in [1.807, 2.05) is 0 Å². The van der Waals surface area contributed by atoms with Crippen molar-refractivity contribution in [2.45, 2.75) is 136 Å². The number of hydrogen-bond acceptors (Lipinski definition) is 21. The second-order valence-corrected chi connectivity index (χ2v) is 13.2. The number of carbonyl (C=O) groups is 9. The van der Waals surface area contributed by atoms with Gasteiger partial charge in [-0.2, -0.15) is 5.06 Å². The molecule has 2 fully saturated rings. The van der Waals surface area contributed by atoms with E-state index < -0.39 is 141 Å². The lowest BCUT2D eigenvalue weighted by Crippen LogP contribution is -2.69. The third-order valence-corrected chi connectivity index (χ3v) is 7.05. The van der Waals surface area contributed by atoms with Crippen LogP contribution in [0.25, 0.3) is 0 Å². The number of hydroxylamine groups is 2. The summed E-state index contributed by atoms with van der Waals surface area (Å²) in [6.07, 6.45) is -19.2. The number of primary amides is 1. The highest BCUT2D eigenvalue weighted by atomic mass is 16.8. The van der Waals surface area contributed by atoms with Gasteiger partial charge in [-0.1, -0.05) is 0 Å². The van der Waals surface area contributed by atoms with Gasteiger partial charge in [-0.3, -0.25) is 43.2 Å². The molecule has 0 radical (unpaired) electrons. The molecule has 23 heteroatoms. The fraction of sp³-hybridized carbons (Fsp3) is 0.727. The van der Waals surface area contributed by atoms with E-state index in [0.29, 0.717) is 5.06 Å². The number of hydrogen-bond donors (Lipinski definition) is 1. The Hall–Kier alpha value is -5.13. The molecule has 2 amide bonds. The Labute approximate surface area is 320 Å². The van der Waals surface area contributed by atoms with Crippen LogP contribution in [0.5, 0.6) is 0 Å². The van der Waals surface area contributed by atoms with Gasteiger partial charge in [0.2, 0.25) is 12.1 Å². The summed E-state index contributed by atoms with van der Waals surface area (Å²) in [5, 5.41) is 0.353. The van der Waals surface area contributed by atoms with Crippen LogP contribution in [0.3, 0.4) is 0 Å². The number of ether oxygens (including phenoxy) is 11. The zero-order valence-electron chi connectivity index (χ0n) is 32.5. The molecule has 10 atom stereocenters. The second kappa shape index (κ2) is 20.7. The quantitative estimate of drug-likeness (QED) is 0.121. The Morgan fingerprint density at radius 3 is 1.39 bits per heavy atom. The topological polar surface area (TPSA) is 294 Å². The van der Waals surface area contributed by atoms with Crippen molar-refractivity contribution in [1.82, 2.24) is 5.06 Å². The second-order valence-electron chi connectivity index (χ2n) is 13.2. The van der Waals surface area contributed by atoms with Crippen LogP contribution in [-0.2, 0) is 95.3 Å². The standard InChI is InChI=1S/C33H48N2O21/c1-14(36)45-11-21-25(55-31-29(52-20(7)42)27(50-18(5)40)24(48-16(3)38)22(54-31)12-46-15(2)37)26(49-17(4)39)28(51-19(6)41)30(53-21)35(47-13-23(34)43)32(44)56-33(8,9)10/h21-22,24-31H,11-13H2,1-10H3,(H2,34,43)/t21-,22-,24+,25-,26+,27+,28-,29-,30-,31+/m1/s1. The molecule has 56 heavy (non-hydrogen) atoms. The van der Waals surface area contributed by atoms with Gasteiger partial charge in [0.1, 0.15) is 37.1 Å². The molecule has 0 saturated carbocycles. The average Bonchev–Trinajstić information content (AvgIpc) is 3.02. The predicted octanol–water partition coefficient (Wildman–Crippen LogP) is -0.740. The summed E-state index contributed by atoms with van der Waals surface area (Å²) in [6, 6.07) is 0. The molecule has 2 N–H and O–H groups in total. The first-order valence-corrected chi connectivity index (χ1v) is 16.9. The first kappa shape index (κ1) is 47.0. The fourth-order valence-electron chi connectivity index (χ4n) is 5.35. The number of rotatable bonds is 15. The average molecular weight is 809 g/mol. The van der Waals surface area contributed by atoms with E-state index in [4.69, 9.17) is 62.7 Å². The maximum atomic E-state index is 13.5. The summed E-state index contributed by atoms with van der Waals surface area (Å²) in [7, 11) is 0. The lowest BCUT2D eigenvalue weighted by atomic mass is 9.95. The molecule has 0 aromatic rings. The third-order valence-electron chi connectivity index (χ3n) is 7.05. The van der Waals surface area contributed by atoms with Crippen molar-refractivity contribution in [2.24, 2.45) is 5.73 Å². The van der Waals surface area contributed by atoms with Gasteiger partial charge in [0.05, 0.1) is 0 Å². The first-order chi connectivity index (χ1) is 25.9. The smallest absolute Gasteiger partial charge is 0.437 e. The number of nitrogens with zero attached hydrogens (tertiary/aromatic N) is 1.